The molecule has 3 aromatic rings. The fraction of sp³-hybridized carbons (Fsp3) is 0.382. The van der Waals surface area contributed by atoms with Crippen molar-refractivity contribution in [3.8, 4) is 0 Å². The minimum absolute atomic E-state index is 0.619. The first kappa shape index (κ1) is 30.1. The van der Waals surface area contributed by atoms with Gasteiger partial charge in [-0.15, -0.1) is 0 Å². The van der Waals surface area contributed by atoms with Crippen LogP contribution in [0.4, 0.5) is 0 Å². The summed E-state index contributed by atoms with van der Waals surface area (Å²) in [5.41, 5.74) is 5.74. The number of hydrogen-bond donors (Lipinski definition) is 0. The molecule has 0 bridgehead atoms. The van der Waals surface area contributed by atoms with Gasteiger partial charge in [0.25, 0.3) is 0 Å². The molecular weight excluding hydrogens is 422 g/mol. The van der Waals surface area contributed by atoms with E-state index in [4.69, 9.17) is 0 Å². The second-order valence-corrected chi connectivity index (χ2v) is 10.1. The summed E-state index contributed by atoms with van der Waals surface area (Å²) in [6, 6.07) is 25.1. The smallest absolute Gasteiger partial charge is 0.0270 e. The largest absolute Gasteiger partial charge is 0.265 e. The Morgan fingerprint density at radius 1 is 0.514 bits per heavy atom. The van der Waals surface area contributed by atoms with Crippen LogP contribution in [0.25, 0.3) is 0 Å². The van der Waals surface area contributed by atoms with Gasteiger partial charge >= 0.3 is 0 Å². The van der Waals surface area contributed by atoms with Crippen LogP contribution in [0.2, 0.25) is 0 Å². The lowest BCUT2D eigenvalue weighted by molar-refractivity contribution is 0.753. The van der Waals surface area contributed by atoms with Crippen molar-refractivity contribution in [3.63, 3.8) is 0 Å². The van der Waals surface area contributed by atoms with E-state index in [0.29, 0.717) is 17.8 Å². The molecule has 4 rings (SSSR count). The highest BCUT2D eigenvalue weighted by Crippen LogP contribution is 2.18. The summed E-state index contributed by atoms with van der Waals surface area (Å²) in [5.74, 6) is 2.68. The normalized spacial score (nSPS) is 11.8. The Labute approximate surface area is 216 Å². The summed E-state index contributed by atoms with van der Waals surface area (Å²) < 4.78 is 0. The topological polar surface area (TPSA) is 12.9 Å². The lowest BCUT2D eigenvalue weighted by Gasteiger charge is -2.02. The lowest BCUT2D eigenvalue weighted by atomic mass is 10.0. The van der Waals surface area contributed by atoms with Crippen molar-refractivity contribution >= 4 is 0 Å². The molecule has 1 aliphatic rings. The van der Waals surface area contributed by atoms with Crippen molar-refractivity contribution in [2.75, 3.05) is 0 Å². The fourth-order valence-corrected chi connectivity index (χ4v) is 3.32. The Bertz CT molecular complexity index is 846. The number of rotatable bonds is 4. The van der Waals surface area contributed by atoms with Gasteiger partial charge in [-0.05, 0) is 58.9 Å². The highest BCUT2D eigenvalue weighted by atomic mass is 14.6. The minimum Gasteiger partial charge on any atom is -0.265 e. The zero-order valence-electron chi connectivity index (χ0n) is 23.3. The number of benzene rings is 2. The molecule has 0 saturated carbocycles. The van der Waals surface area contributed by atoms with Crippen LogP contribution < -0.4 is 0 Å². The molecule has 1 aliphatic carbocycles. The van der Waals surface area contributed by atoms with Crippen molar-refractivity contribution in [2.45, 2.75) is 79.6 Å². The van der Waals surface area contributed by atoms with Crippen LogP contribution in [0.15, 0.2) is 109 Å². The molecule has 1 nitrogen and oxygen atoms in total. The number of allylic oxidation sites excluding steroid dienone is 4. The predicted molar refractivity (Wildman–Crippen MR) is 156 cm³/mol. The monoisotopic (exact) mass is 469 g/mol. The van der Waals surface area contributed by atoms with Crippen LogP contribution in [0.5, 0.6) is 0 Å². The summed E-state index contributed by atoms with van der Waals surface area (Å²) in [7, 11) is 0. The van der Waals surface area contributed by atoms with E-state index in [0.717, 1.165) is 5.92 Å². The Morgan fingerprint density at radius 3 is 1.14 bits per heavy atom. The van der Waals surface area contributed by atoms with Crippen LogP contribution >= 0.6 is 0 Å². The molecule has 1 heteroatoms. The third-order valence-corrected chi connectivity index (χ3v) is 5.85. The van der Waals surface area contributed by atoms with Gasteiger partial charge in [-0.1, -0.05) is 140 Å². The second kappa shape index (κ2) is 17.5. The van der Waals surface area contributed by atoms with Gasteiger partial charge in [0.15, 0.2) is 0 Å². The zero-order valence-corrected chi connectivity index (χ0v) is 23.3. The molecule has 0 N–H and O–H groups in total. The van der Waals surface area contributed by atoms with Gasteiger partial charge in [0, 0.05) is 12.4 Å². The van der Waals surface area contributed by atoms with Crippen molar-refractivity contribution in [2.24, 2.45) is 5.92 Å². The van der Waals surface area contributed by atoms with E-state index in [1.165, 1.54) is 23.1 Å². The van der Waals surface area contributed by atoms with Crippen LogP contribution in [-0.4, -0.2) is 4.98 Å². The molecule has 2 aromatic carbocycles. The van der Waals surface area contributed by atoms with Gasteiger partial charge in [-0.25, -0.2) is 0 Å². The number of nitrogens with zero attached hydrogens (tertiary/aromatic N) is 1. The average molecular weight is 470 g/mol. The van der Waals surface area contributed by atoms with Crippen molar-refractivity contribution < 1.29 is 0 Å². The molecule has 188 valence electrons. The fourth-order valence-electron chi connectivity index (χ4n) is 3.32. The molecule has 0 unspecified atom stereocenters. The minimum atomic E-state index is 0.619. The maximum Gasteiger partial charge on any atom is 0.0270 e. The molecule has 0 fully saturated rings. The second-order valence-electron chi connectivity index (χ2n) is 10.1. The Hall–Kier alpha value is -2.93. The van der Waals surface area contributed by atoms with E-state index in [1.54, 1.807) is 5.57 Å². The highest BCUT2D eigenvalue weighted by molar-refractivity contribution is 5.24. The number of pyridine rings is 1. The van der Waals surface area contributed by atoms with Crippen molar-refractivity contribution in [3.05, 3.63) is 126 Å². The molecule has 0 radical (unpaired) electrons. The Kier molecular flexibility index (Phi) is 15.0. The number of hydrogen-bond acceptors (Lipinski definition) is 1. The van der Waals surface area contributed by atoms with Crippen molar-refractivity contribution in [1.82, 2.24) is 4.98 Å². The van der Waals surface area contributed by atoms with E-state index < -0.39 is 0 Å². The molecule has 0 spiro atoms. The van der Waals surface area contributed by atoms with E-state index in [1.807, 2.05) is 36.7 Å². The molecule has 1 heterocycles. The first-order valence-corrected chi connectivity index (χ1v) is 13.1. The van der Waals surface area contributed by atoms with E-state index in [9.17, 15) is 0 Å². The van der Waals surface area contributed by atoms with Gasteiger partial charge in [0.1, 0.15) is 0 Å². The number of aromatic nitrogens is 1. The van der Waals surface area contributed by atoms with Gasteiger partial charge < -0.3 is 0 Å². The maximum absolute atomic E-state index is 3.93. The van der Waals surface area contributed by atoms with E-state index in [2.05, 4.69) is 127 Å². The summed E-state index contributed by atoms with van der Waals surface area (Å²) in [6.07, 6.45) is 11.4. The SMILES string of the molecule is CC(C)C1=CC=CC1.CC(C)c1ccccc1.CC(C)c1ccccc1.CC(C)c1ccncc1. The molecule has 0 aliphatic heterocycles. The van der Waals surface area contributed by atoms with E-state index >= 15 is 0 Å². The Morgan fingerprint density at radius 2 is 0.914 bits per heavy atom. The molecule has 0 amide bonds. The standard InChI is InChI=1S/2C9H12.C8H11N.C8H12/c2*1-8(2)9-6-4-3-5-7-9;1-7(2)8-3-5-9-6-4-8;1-7(2)8-5-3-4-6-8/h2*3-8H,1-2H3;3-7H,1-2H3;3-5,7H,6H2,1-2H3. The van der Waals surface area contributed by atoms with Gasteiger partial charge in [-0.3, -0.25) is 4.98 Å². The molecule has 1 aromatic heterocycles. The summed E-state index contributed by atoms with van der Waals surface area (Å²) in [5, 5.41) is 0. The van der Waals surface area contributed by atoms with Gasteiger partial charge in [-0.2, -0.15) is 0 Å². The summed E-state index contributed by atoms with van der Waals surface area (Å²) >= 11 is 0. The Balaban J connectivity index is 0.000000234. The maximum atomic E-state index is 3.93. The molecule has 0 atom stereocenters. The van der Waals surface area contributed by atoms with Crippen LogP contribution in [0, 0.1) is 5.92 Å². The highest BCUT2D eigenvalue weighted by Gasteiger charge is 2.02. The zero-order chi connectivity index (χ0) is 26.1. The lowest BCUT2D eigenvalue weighted by Crippen LogP contribution is -1.88. The van der Waals surface area contributed by atoms with E-state index in [-0.39, 0.29) is 0 Å². The van der Waals surface area contributed by atoms with Gasteiger partial charge in [0.05, 0.1) is 0 Å². The third kappa shape index (κ3) is 13.5. The van der Waals surface area contributed by atoms with Gasteiger partial charge in [0.2, 0.25) is 0 Å². The van der Waals surface area contributed by atoms with Crippen molar-refractivity contribution in [1.29, 1.82) is 0 Å². The molecule has 35 heavy (non-hydrogen) atoms. The first-order chi connectivity index (χ1) is 16.7. The average Bonchev–Trinajstić information content (AvgIpc) is 3.43. The first-order valence-electron chi connectivity index (χ1n) is 13.1. The quantitative estimate of drug-likeness (QED) is 0.370. The summed E-state index contributed by atoms with van der Waals surface area (Å²) in [4.78, 5) is 3.93. The predicted octanol–water partition coefficient (Wildman–Crippen LogP) is 10.4. The van der Waals surface area contributed by atoms with Crippen LogP contribution in [0.1, 0.15) is 96.3 Å². The third-order valence-electron chi connectivity index (χ3n) is 5.85. The van der Waals surface area contributed by atoms with Crippen LogP contribution in [0.3, 0.4) is 0 Å². The molecule has 0 saturated heterocycles. The summed E-state index contributed by atoms with van der Waals surface area (Å²) in [6.45, 7) is 17.6. The van der Waals surface area contributed by atoms with Crippen LogP contribution in [-0.2, 0) is 0 Å². The molecular formula is C34H47N.